The normalized spacial score (nSPS) is 14.4. The van der Waals surface area contributed by atoms with Gasteiger partial charge in [-0.1, -0.05) is 65.7 Å². The Bertz CT molecular complexity index is 2110. The predicted octanol–water partition coefficient (Wildman–Crippen LogP) is 4.68. The SMILES string of the molecule is COc1nc(-c2cccc(-c3cccc(-c4cc5c(=O)n(C)c(CNCCC(=O)O)nn5c4)c3Cl)c2Cl)ccc1CNC[C@@H]1CCC(=O)N1. The van der Waals surface area contributed by atoms with E-state index < -0.39 is 5.97 Å². The number of halogens is 2. The van der Waals surface area contributed by atoms with Crippen molar-refractivity contribution in [1.82, 2.24) is 35.1 Å². The minimum atomic E-state index is -0.907. The first-order valence-electron chi connectivity index (χ1n) is 15.8. The van der Waals surface area contributed by atoms with Gasteiger partial charge >= 0.3 is 5.97 Å². The average molecular weight is 705 g/mol. The molecule has 0 unspecified atom stereocenters. The van der Waals surface area contributed by atoms with E-state index in [0.29, 0.717) is 80.3 Å². The summed E-state index contributed by atoms with van der Waals surface area (Å²) in [5.74, 6) is 0.112. The number of aliphatic carboxylic acids is 1. The van der Waals surface area contributed by atoms with Crippen LogP contribution in [0.15, 0.2) is 65.6 Å². The molecule has 0 saturated carbocycles. The summed E-state index contributed by atoms with van der Waals surface area (Å²) >= 11 is 14.1. The smallest absolute Gasteiger partial charge is 0.304 e. The molecule has 0 bridgehead atoms. The fourth-order valence-electron chi connectivity index (χ4n) is 5.91. The monoisotopic (exact) mass is 703 g/mol. The zero-order chi connectivity index (χ0) is 34.7. The third-order valence-corrected chi connectivity index (χ3v) is 9.35. The molecule has 0 spiro atoms. The summed E-state index contributed by atoms with van der Waals surface area (Å²) < 4.78 is 8.59. The molecule has 14 heteroatoms. The van der Waals surface area contributed by atoms with Crippen molar-refractivity contribution >= 4 is 40.6 Å². The molecular formula is C35H35Cl2N7O5. The lowest BCUT2D eigenvalue weighted by molar-refractivity contribution is -0.136. The first-order valence-corrected chi connectivity index (χ1v) is 16.5. The second-order valence-electron chi connectivity index (χ2n) is 11.8. The molecule has 1 saturated heterocycles. The van der Waals surface area contributed by atoms with Crippen LogP contribution in [0.2, 0.25) is 10.0 Å². The molecule has 1 aliphatic heterocycles. The fraction of sp³-hybridized carbons (Fsp3) is 0.286. The van der Waals surface area contributed by atoms with Gasteiger partial charge in [0.25, 0.3) is 5.56 Å². The van der Waals surface area contributed by atoms with Crippen molar-refractivity contribution in [2.45, 2.75) is 38.4 Å². The number of hydrogen-bond donors (Lipinski definition) is 4. The van der Waals surface area contributed by atoms with Gasteiger partial charge in [-0.15, -0.1) is 0 Å². The fourth-order valence-corrected chi connectivity index (χ4v) is 6.58. The first-order chi connectivity index (χ1) is 23.6. The van der Waals surface area contributed by atoms with Gasteiger partial charge in [0.1, 0.15) is 11.3 Å². The average Bonchev–Trinajstić information content (AvgIpc) is 3.71. The zero-order valence-corrected chi connectivity index (χ0v) is 28.4. The van der Waals surface area contributed by atoms with Gasteiger partial charge in [0.2, 0.25) is 11.8 Å². The molecule has 5 aromatic rings. The second-order valence-corrected chi connectivity index (χ2v) is 12.5. The number of benzene rings is 2. The van der Waals surface area contributed by atoms with Gasteiger partial charge in [-0.2, -0.15) is 5.10 Å². The summed E-state index contributed by atoms with van der Waals surface area (Å²) in [6, 6.07) is 17.0. The van der Waals surface area contributed by atoms with Crippen molar-refractivity contribution < 1.29 is 19.4 Å². The summed E-state index contributed by atoms with van der Waals surface area (Å²) in [5, 5.41) is 23.8. The lowest BCUT2D eigenvalue weighted by atomic mass is 9.97. The van der Waals surface area contributed by atoms with E-state index >= 15 is 0 Å². The number of amides is 1. The summed E-state index contributed by atoms with van der Waals surface area (Å²) in [6.45, 7) is 1.67. The number of rotatable bonds is 13. The molecule has 2 aromatic carbocycles. The van der Waals surface area contributed by atoms with E-state index in [9.17, 15) is 14.4 Å². The number of nitrogens with one attached hydrogen (secondary N) is 3. The van der Waals surface area contributed by atoms with E-state index in [2.05, 4.69) is 21.0 Å². The number of ether oxygens (including phenoxy) is 1. The number of aromatic nitrogens is 4. The highest BCUT2D eigenvalue weighted by Gasteiger charge is 2.21. The quantitative estimate of drug-likeness (QED) is 0.128. The molecule has 4 heterocycles. The van der Waals surface area contributed by atoms with Crippen molar-refractivity contribution in [2.75, 3.05) is 20.2 Å². The molecule has 4 N–H and O–H groups in total. The third-order valence-electron chi connectivity index (χ3n) is 8.53. The number of nitrogens with zero attached hydrogens (tertiary/aromatic N) is 4. The predicted molar refractivity (Wildman–Crippen MR) is 188 cm³/mol. The molecule has 0 aliphatic carbocycles. The number of hydrogen-bond acceptors (Lipinski definition) is 8. The number of pyridine rings is 1. The Hall–Kier alpha value is -4.75. The Morgan fingerprint density at radius 2 is 1.73 bits per heavy atom. The largest absolute Gasteiger partial charge is 0.481 e. The highest BCUT2D eigenvalue weighted by molar-refractivity contribution is 6.39. The topological polar surface area (TPSA) is 152 Å². The van der Waals surface area contributed by atoms with Gasteiger partial charge < -0.3 is 25.8 Å². The van der Waals surface area contributed by atoms with Crippen molar-refractivity contribution in [2.24, 2.45) is 7.05 Å². The summed E-state index contributed by atoms with van der Waals surface area (Å²) in [7, 11) is 3.21. The lowest BCUT2D eigenvalue weighted by Gasteiger charge is -2.15. The molecular weight excluding hydrogens is 669 g/mol. The van der Waals surface area contributed by atoms with Crippen LogP contribution in [0, 0.1) is 0 Å². The van der Waals surface area contributed by atoms with Crippen LogP contribution in [0.25, 0.3) is 39.0 Å². The van der Waals surface area contributed by atoms with Crippen molar-refractivity contribution in [3.8, 4) is 39.4 Å². The van der Waals surface area contributed by atoms with Gasteiger partial charge in [-0.25, -0.2) is 9.50 Å². The molecule has 1 amide bonds. The number of methoxy groups -OCH3 is 1. The van der Waals surface area contributed by atoms with Gasteiger partial charge in [-0.3, -0.25) is 19.0 Å². The van der Waals surface area contributed by atoms with Crippen LogP contribution in [0.3, 0.4) is 0 Å². The van der Waals surface area contributed by atoms with E-state index in [1.807, 2.05) is 48.5 Å². The Balaban J connectivity index is 1.26. The molecule has 6 rings (SSSR count). The van der Waals surface area contributed by atoms with Crippen molar-refractivity contribution in [3.63, 3.8) is 0 Å². The Morgan fingerprint density at radius 1 is 1.02 bits per heavy atom. The number of carboxylic acids is 1. The van der Waals surface area contributed by atoms with E-state index in [1.54, 1.807) is 26.4 Å². The van der Waals surface area contributed by atoms with Gasteiger partial charge in [0, 0.05) is 78.7 Å². The molecule has 254 valence electrons. The molecule has 1 atom stereocenters. The number of carbonyl (C=O) groups is 2. The van der Waals surface area contributed by atoms with Gasteiger partial charge in [0.15, 0.2) is 0 Å². The standard InChI is InChI=1S/C35H35Cl2N7O5/c1-43-29(18-38-14-13-31(46)47)42-44-19-21(15-28(44)35(43)48)23-5-3-6-24(32(23)36)25-7-4-8-26(33(25)37)27-11-9-20(34(41-27)49-2)16-39-17-22-10-12-30(45)40-22/h3-9,11,15,19,22,38-39H,10,12-14,16-18H2,1-2H3,(H,40,45)(H,46,47)/t22-/m0/s1. The van der Waals surface area contributed by atoms with Crippen molar-refractivity contribution in [1.29, 1.82) is 0 Å². The number of carboxylic acid groups (broad SMARTS) is 1. The first kappa shape index (κ1) is 34.1. The Kier molecular flexibility index (Phi) is 10.3. The third kappa shape index (κ3) is 7.32. The highest BCUT2D eigenvalue weighted by Crippen LogP contribution is 2.42. The molecule has 0 radical (unpaired) electrons. The summed E-state index contributed by atoms with van der Waals surface area (Å²) in [5.41, 5.74) is 5.17. The molecule has 12 nitrogen and oxygen atoms in total. The Morgan fingerprint density at radius 3 is 2.43 bits per heavy atom. The van der Waals surface area contributed by atoms with Crippen LogP contribution in [-0.4, -0.2) is 62.4 Å². The molecule has 1 aliphatic rings. The van der Waals surface area contributed by atoms with E-state index in [1.165, 1.54) is 9.08 Å². The van der Waals surface area contributed by atoms with Crippen LogP contribution in [0.1, 0.15) is 30.7 Å². The zero-order valence-electron chi connectivity index (χ0n) is 26.9. The van der Waals surface area contributed by atoms with E-state index in [-0.39, 0.29) is 37.0 Å². The minimum absolute atomic E-state index is 0.0373. The summed E-state index contributed by atoms with van der Waals surface area (Å²) in [6.07, 6.45) is 3.09. The number of carbonyl (C=O) groups excluding carboxylic acids is 1. The van der Waals surface area contributed by atoms with E-state index in [4.69, 9.17) is 38.0 Å². The summed E-state index contributed by atoms with van der Waals surface area (Å²) in [4.78, 5) is 40.3. The van der Waals surface area contributed by atoms with Crippen LogP contribution in [0.4, 0.5) is 0 Å². The lowest BCUT2D eigenvalue weighted by Crippen LogP contribution is -2.35. The second kappa shape index (κ2) is 14.8. The number of fused-ring (bicyclic) bond motifs is 1. The Labute approximate surface area is 292 Å². The van der Waals surface area contributed by atoms with Gasteiger partial charge in [-0.05, 0) is 18.6 Å². The van der Waals surface area contributed by atoms with Crippen LogP contribution < -0.4 is 26.2 Å². The molecule has 1 fully saturated rings. The maximum Gasteiger partial charge on any atom is 0.304 e. The minimum Gasteiger partial charge on any atom is -0.481 e. The van der Waals surface area contributed by atoms with Gasteiger partial charge in [0.05, 0.1) is 35.8 Å². The maximum absolute atomic E-state index is 13.2. The van der Waals surface area contributed by atoms with E-state index in [0.717, 1.165) is 12.0 Å². The van der Waals surface area contributed by atoms with Crippen LogP contribution in [0.5, 0.6) is 5.88 Å². The molecule has 3 aromatic heterocycles. The highest BCUT2D eigenvalue weighted by atomic mass is 35.5. The molecule has 49 heavy (non-hydrogen) atoms. The van der Waals surface area contributed by atoms with Crippen LogP contribution >= 0.6 is 23.2 Å². The maximum atomic E-state index is 13.2. The van der Waals surface area contributed by atoms with Crippen LogP contribution in [-0.2, 0) is 29.7 Å². The van der Waals surface area contributed by atoms with Crippen molar-refractivity contribution in [3.05, 3.63) is 92.6 Å².